The summed E-state index contributed by atoms with van der Waals surface area (Å²) in [7, 11) is 0. The van der Waals surface area contributed by atoms with Crippen LogP contribution in [0.3, 0.4) is 0 Å². The van der Waals surface area contributed by atoms with E-state index in [0.717, 1.165) is 6.42 Å². The number of likely N-dealkylation sites (tertiary alicyclic amines) is 1. The van der Waals surface area contributed by atoms with Crippen LogP contribution in [-0.4, -0.2) is 41.1 Å². The largest absolute Gasteiger partial charge is 0.480 e. The number of nitrogens with zero attached hydrogens (tertiary/aromatic N) is 1. The van der Waals surface area contributed by atoms with E-state index in [4.69, 9.17) is 5.11 Å². The number of carbonyl (C=O) groups is 2. The van der Waals surface area contributed by atoms with Crippen molar-refractivity contribution >= 4 is 12.0 Å². The second-order valence-electron chi connectivity index (χ2n) is 7.27. The zero-order valence-electron chi connectivity index (χ0n) is 13.3. The summed E-state index contributed by atoms with van der Waals surface area (Å²) in [5, 5.41) is 11.8. The molecule has 0 aromatic carbocycles. The highest BCUT2D eigenvalue weighted by Gasteiger charge is 2.34. The van der Waals surface area contributed by atoms with E-state index in [0.29, 0.717) is 25.4 Å². The Bertz CT molecular complexity index is 361. The Morgan fingerprint density at radius 2 is 1.95 bits per heavy atom. The summed E-state index contributed by atoms with van der Waals surface area (Å²) in [4.78, 5) is 25.1. The van der Waals surface area contributed by atoms with Crippen molar-refractivity contribution in [2.24, 2.45) is 17.3 Å². The van der Waals surface area contributed by atoms with E-state index in [1.54, 1.807) is 4.90 Å². The molecule has 2 atom stereocenters. The minimum absolute atomic E-state index is 0.180. The Kier molecular flexibility index (Phi) is 5.42. The molecule has 5 nitrogen and oxygen atoms in total. The predicted molar refractivity (Wildman–Crippen MR) is 78.5 cm³/mol. The first-order chi connectivity index (χ1) is 9.11. The number of hydrogen-bond donors (Lipinski definition) is 2. The van der Waals surface area contributed by atoms with Crippen LogP contribution in [-0.2, 0) is 4.79 Å². The Balaban J connectivity index is 2.56. The second kappa shape index (κ2) is 6.46. The third kappa shape index (κ3) is 4.69. The molecule has 116 valence electrons. The summed E-state index contributed by atoms with van der Waals surface area (Å²) in [5.41, 5.74) is 0.180. The van der Waals surface area contributed by atoms with Gasteiger partial charge in [-0.3, -0.25) is 0 Å². The van der Waals surface area contributed by atoms with Gasteiger partial charge in [-0.15, -0.1) is 0 Å². The Morgan fingerprint density at radius 3 is 2.35 bits per heavy atom. The summed E-state index contributed by atoms with van der Waals surface area (Å²) in [6.07, 6.45) is 1.44. The van der Waals surface area contributed by atoms with Crippen LogP contribution in [0.25, 0.3) is 0 Å². The van der Waals surface area contributed by atoms with Gasteiger partial charge in [0.15, 0.2) is 0 Å². The molecule has 0 radical (unpaired) electrons. The molecule has 20 heavy (non-hydrogen) atoms. The number of aliphatic carboxylic acids is 1. The lowest BCUT2D eigenvalue weighted by Gasteiger charge is -2.27. The SMILES string of the molecule is CC(C)C[C@H](NC(=O)N1CCC(C(C)(C)C)C1)C(=O)O. The number of rotatable bonds is 4. The first-order valence-corrected chi connectivity index (χ1v) is 7.39. The van der Waals surface area contributed by atoms with Crippen LogP contribution in [0.2, 0.25) is 0 Å². The van der Waals surface area contributed by atoms with E-state index in [9.17, 15) is 9.59 Å². The number of carbonyl (C=O) groups excluding carboxylic acids is 1. The smallest absolute Gasteiger partial charge is 0.326 e. The monoisotopic (exact) mass is 284 g/mol. The summed E-state index contributed by atoms with van der Waals surface area (Å²) in [6.45, 7) is 11.9. The van der Waals surface area contributed by atoms with Crippen molar-refractivity contribution in [3.8, 4) is 0 Å². The minimum Gasteiger partial charge on any atom is -0.480 e. The second-order valence-corrected chi connectivity index (χ2v) is 7.27. The number of nitrogens with one attached hydrogen (secondary N) is 1. The Hall–Kier alpha value is -1.26. The molecule has 0 spiro atoms. The third-order valence-corrected chi connectivity index (χ3v) is 4.00. The highest BCUT2D eigenvalue weighted by atomic mass is 16.4. The summed E-state index contributed by atoms with van der Waals surface area (Å²) >= 11 is 0. The highest BCUT2D eigenvalue weighted by molar-refractivity contribution is 5.82. The molecule has 1 aliphatic rings. The Labute approximate surface area is 121 Å². The lowest BCUT2D eigenvalue weighted by Crippen LogP contribution is -2.48. The van der Waals surface area contributed by atoms with E-state index in [1.165, 1.54) is 0 Å². The zero-order chi connectivity index (χ0) is 15.5. The van der Waals surface area contributed by atoms with Gasteiger partial charge >= 0.3 is 12.0 Å². The molecule has 1 rings (SSSR count). The summed E-state index contributed by atoms with van der Waals surface area (Å²) in [5.74, 6) is -0.252. The van der Waals surface area contributed by atoms with Crippen molar-refractivity contribution in [1.82, 2.24) is 10.2 Å². The van der Waals surface area contributed by atoms with Gasteiger partial charge in [0.05, 0.1) is 0 Å². The topological polar surface area (TPSA) is 69.6 Å². The van der Waals surface area contributed by atoms with Gasteiger partial charge < -0.3 is 15.3 Å². The standard InChI is InChI=1S/C15H28N2O3/c1-10(2)8-12(13(18)19)16-14(20)17-7-6-11(9-17)15(3,4)5/h10-12H,6-9H2,1-5H3,(H,16,20)(H,18,19)/t11?,12-/m0/s1. The maximum Gasteiger partial charge on any atom is 0.326 e. The van der Waals surface area contributed by atoms with Gasteiger partial charge in [-0.25, -0.2) is 9.59 Å². The number of amides is 2. The number of carboxylic acids is 1. The minimum atomic E-state index is -0.960. The van der Waals surface area contributed by atoms with E-state index in [-0.39, 0.29) is 17.4 Å². The predicted octanol–water partition coefficient (Wildman–Crippen LogP) is 2.56. The molecule has 0 bridgehead atoms. The molecule has 2 N–H and O–H groups in total. The van der Waals surface area contributed by atoms with Crippen LogP contribution in [0.1, 0.15) is 47.5 Å². The van der Waals surface area contributed by atoms with E-state index in [1.807, 2.05) is 13.8 Å². The van der Waals surface area contributed by atoms with Crippen LogP contribution >= 0.6 is 0 Å². The first-order valence-electron chi connectivity index (χ1n) is 7.39. The van der Waals surface area contributed by atoms with Gasteiger partial charge in [0.1, 0.15) is 6.04 Å². The Morgan fingerprint density at radius 1 is 1.35 bits per heavy atom. The molecule has 0 aliphatic carbocycles. The van der Waals surface area contributed by atoms with Crippen molar-refractivity contribution < 1.29 is 14.7 Å². The quantitative estimate of drug-likeness (QED) is 0.833. The van der Waals surface area contributed by atoms with Crippen molar-refractivity contribution in [3.05, 3.63) is 0 Å². The zero-order valence-corrected chi connectivity index (χ0v) is 13.3. The van der Waals surface area contributed by atoms with E-state index in [2.05, 4.69) is 26.1 Å². The van der Waals surface area contributed by atoms with Crippen LogP contribution in [0.15, 0.2) is 0 Å². The maximum atomic E-state index is 12.2. The molecule has 1 aliphatic heterocycles. The van der Waals surface area contributed by atoms with Crippen molar-refractivity contribution in [2.45, 2.75) is 53.5 Å². The summed E-state index contributed by atoms with van der Waals surface area (Å²) < 4.78 is 0. The lowest BCUT2D eigenvalue weighted by atomic mass is 9.80. The molecule has 1 heterocycles. The molecule has 1 fully saturated rings. The van der Waals surface area contributed by atoms with Gasteiger partial charge in [0.2, 0.25) is 0 Å². The maximum absolute atomic E-state index is 12.2. The summed E-state index contributed by atoms with van der Waals surface area (Å²) in [6, 6.07) is -1.04. The molecule has 0 saturated carbocycles. The fraction of sp³-hybridized carbons (Fsp3) is 0.867. The molecular formula is C15H28N2O3. The molecule has 2 amide bonds. The van der Waals surface area contributed by atoms with Gasteiger partial charge in [0.25, 0.3) is 0 Å². The number of urea groups is 1. The van der Waals surface area contributed by atoms with Crippen molar-refractivity contribution in [2.75, 3.05) is 13.1 Å². The first kappa shape index (κ1) is 16.8. The van der Waals surface area contributed by atoms with Crippen LogP contribution in [0.5, 0.6) is 0 Å². The molecule has 1 unspecified atom stereocenters. The fourth-order valence-electron chi connectivity index (χ4n) is 2.58. The lowest BCUT2D eigenvalue weighted by molar-refractivity contribution is -0.139. The van der Waals surface area contributed by atoms with Gasteiger partial charge in [-0.2, -0.15) is 0 Å². The van der Waals surface area contributed by atoms with Crippen LogP contribution in [0.4, 0.5) is 4.79 Å². The van der Waals surface area contributed by atoms with Crippen molar-refractivity contribution in [3.63, 3.8) is 0 Å². The van der Waals surface area contributed by atoms with Crippen molar-refractivity contribution in [1.29, 1.82) is 0 Å². The third-order valence-electron chi connectivity index (χ3n) is 4.00. The molecule has 0 aromatic rings. The fourth-order valence-corrected chi connectivity index (χ4v) is 2.58. The average Bonchev–Trinajstić information content (AvgIpc) is 2.75. The average molecular weight is 284 g/mol. The molecular weight excluding hydrogens is 256 g/mol. The molecule has 5 heteroatoms. The number of carboxylic acid groups (broad SMARTS) is 1. The van der Waals surface area contributed by atoms with Gasteiger partial charge in [0, 0.05) is 13.1 Å². The molecule has 1 saturated heterocycles. The van der Waals surface area contributed by atoms with Crippen LogP contribution in [0, 0.1) is 17.3 Å². The van der Waals surface area contributed by atoms with Gasteiger partial charge in [-0.05, 0) is 30.1 Å². The highest BCUT2D eigenvalue weighted by Crippen LogP contribution is 2.33. The van der Waals surface area contributed by atoms with E-state index < -0.39 is 12.0 Å². The normalized spacial score (nSPS) is 21.1. The number of hydrogen-bond acceptors (Lipinski definition) is 2. The van der Waals surface area contributed by atoms with E-state index >= 15 is 0 Å². The van der Waals surface area contributed by atoms with Crippen LogP contribution < -0.4 is 5.32 Å². The van der Waals surface area contributed by atoms with Gasteiger partial charge in [-0.1, -0.05) is 34.6 Å². The molecule has 0 aromatic heterocycles.